The van der Waals surface area contributed by atoms with Crippen LogP contribution < -0.4 is 15.1 Å². The van der Waals surface area contributed by atoms with Crippen LogP contribution in [0.4, 0.5) is 23.0 Å². The zero-order valence-corrected chi connectivity index (χ0v) is 30.7. The summed E-state index contributed by atoms with van der Waals surface area (Å²) in [4.78, 5) is 23.7. The third-order valence-corrected chi connectivity index (χ3v) is 9.72. The Labute approximate surface area is 280 Å². The summed E-state index contributed by atoms with van der Waals surface area (Å²) in [5.74, 6) is 5.10. The van der Waals surface area contributed by atoms with E-state index in [1.54, 1.807) is 0 Å². The smallest absolute Gasteiger partial charge is 0.211 e. The lowest BCUT2D eigenvalue weighted by Gasteiger charge is -2.24. The van der Waals surface area contributed by atoms with Crippen molar-refractivity contribution in [2.24, 2.45) is 23.7 Å². The quantitative estimate of drug-likeness (QED) is 0.199. The Morgan fingerprint density at radius 3 is 1.68 bits per heavy atom. The molecule has 4 saturated heterocycles. The fourth-order valence-electron chi connectivity index (χ4n) is 7.31. The van der Waals surface area contributed by atoms with Gasteiger partial charge in [0.05, 0.1) is 13.1 Å². The molecule has 0 radical (unpaired) electrons. The Morgan fingerprint density at radius 2 is 1.27 bits per heavy atom. The number of pyridine rings is 2. The molecular weight excluding hydrogens is 659 g/mol. The van der Waals surface area contributed by atoms with Crippen molar-refractivity contribution in [3.05, 3.63) is 57.5 Å². The number of anilines is 2. The van der Waals surface area contributed by atoms with E-state index in [4.69, 9.17) is 13.1 Å². The second-order valence-corrected chi connectivity index (χ2v) is 14.0. The highest BCUT2D eigenvalue weighted by Gasteiger charge is 2.44. The molecule has 9 heteroatoms. The standard InChI is InChI=1S/C16H22N4.C15H20N4.C2H5I.C2H6/c1-10-6-15(18-11(2)16(10)17-4)20-8-13-7-19(5)12(3)14(13)9-20;1-9-5-14(18-11(3)15(9)16-4)19-7-12-6-17-10(2)13(12)8-19;1-2-3;1-2/h6,12-14H,7-9H2,1-3,5H3;5,10,12-13,17H,6-8H2,1-3H3;2H2,1H3;1-2H3. The molecule has 0 saturated carbocycles. The summed E-state index contributed by atoms with van der Waals surface area (Å²) in [6, 6.07) is 5.42. The molecular formula is C35H53IN8. The van der Waals surface area contributed by atoms with Crippen LogP contribution in [0.15, 0.2) is 12.1 Å². The van der Waals surface area contributed by atoms with E-state index in [0.717, 1.165) is 90.5 Å². The lowest BCUT2D eigenvalue weighted by Crippen LogP contribution is -2.32. The molecule has 2 aromatic heterocycles. The zero-order chi connectivity index (χ0) is 32.7. The van der Waals surface area contributed by atoms with Crippen LogP contribution in [0.2, 0.25) is 0 Å². The maximum atomic E-state index is 7.22. The van der Waals surface area contributed by atoms with Gasteiger partial charge in [0, 0.05) is 62.7 Å². The number of halogens is 1. The normalized spacial score (nSPS) is 26.7. The van der Waals surface area contributed by atoms with Crippen molar-refractivity contribution in [2.75, 3.05) is 60.5 Å². The van der Waals surface area contributed by atoms with Gasteiger partial charge in [-0.3, -0.25) is 0 Å². The van der Waals surface area contributed by atoms with Crippen molar-refractivity contribution in [2.45, 2.75) is 74.4 Å². The molecule has 0 aliphatic carbocycles. The molecule has 2 aromatic rings. The molecule has 6 atom stereocenters. The molecule has 4 aliphatic rings. The largest absolute Gasteiger partial charge is 0.356 e. The van der Waals surface area contributed by atoms with Crippen LogP contribution in [-0.4, -0.2) is 77.7 Å². The highest BCUT2D eigenvalue weighted by Crippen LogP contribution is 2.38. The summed E-state index contributed by atoms with van der Waals surface area (Å²) in [7, 11) is 2.23. The van der Waals surface area contributed by atoms with Gasteiger partial charge >= 0.3 is 0 Å². The minimum absolute atomic E-state index is 0.611. The highest BCUT2D eigenvalue weighted by atomic mass is 127. The highest BCUT2D eigenvalue weighted by molar-refractivity contribution is 14.1. The average Bonchev–Trinajstić information content (AvgIpc) is 3.74. The van der Waals surface area contributed by atoms with Gasteiger partial charge in [0.1, 0.15) is 11.6 Å². The maximum absolute atomic E-state index is 7.22. The van der Waals surface area contributed by atoms with Gasteiger partial charge in [-0.05, 0) is 99.9 Å². The first-order chi connectivity index (χ1) is 21.0. The Bertz CT molecular complexity index is 1300. The predicted molar refractivity (Wildman–Crippen MR) is 194 cm³/mol. The number of nitrogens with one attached hydrogen (secondary N) is 1. The topological polar surface area (TPSA) is 56.2 Å². The number of hydrogen-bond donors (Lipinski definition) is 1. The van der Waals surface area contributed by atoms with E-state index in [2.05, 4.69) is 102 Å². The van der Waals surface area contributed by atoms with Crippen LogP contribution in [0.1, 0.15) is 57.1 Å². The SMILES string of the molecule is CC.CCI.[C-]#[N+]c1c(C)cc(N2CC3CN(C)C(C)C3C2)nc1C.[C-]#[N+]c1c(C)cc(N2CC3CNC(C)C3C2)nc1C. The third kappa shape index (κ3) is 7.84. The Hall–Kier alpha value is -2.47. The summed E-state index contributed by atoms with van der Waals surface area (Å²) < 4.78 is 1.22. The molecule has 0 spiro atoms. The van der Waals surface area contributed by atoms with Crippen molar-refractivity contribution < 1.29 is 0 Å². The van der Waals surface area contributed by atoms with Crippen LogP contribution in [0.3, 0.4) is 0 Å². The first kappa shape index (κ1) is 36.0. The second kappa shape index (κ2) is 16.2. The molecule has 0 aromatic carbocycles. The molecule has 44 heavy (non-hydrogen) atoms. The maximum Gasteiger partial charge on any atom is 0.211 e. The third-order valence-electron chi connectivity index (χ3n) is 9.72. The molecule has 1 N–H and O–H groups in total. The molecule has 6 heterocycles. The molecule has 4 fully saturated rings. The van der Waals surface area contributed by atoms with Crippen LogP contribution in [0.5, 0.6) is 0 Å². The van der Waals surface area contributed by atoms with Gasteiger partial charge in [-0.1, -0.05) is 43.4 Å². The molecule has 240 valence electrons. The van der Waals surface area contributed by atoms with Gasteiger partial charge in [0.15, 0.2) is 0 Å². The fraction of sp³-hybridized carbons (Fsp3) is 0.657. The molecule has 4 aliphatic heterocycles. The number of nitrogens with zero attached hydrogens (tertiary/aromatic N) is 7. The van der Waals surface area contributed by atoms with E-state index < -0.39 is 0 Å². The minimum Gasteiger partial charge on any atom is -0.356 e. The van der Waals surface area contributed by atoms with Crippen molar-refractivity contribution in [1.29, 1.82) is 0 Å². The van der Waals surface area contributed by atoms with Gasteiger partial charge in [-0.2, -0.15) is 0 Å². The van der Waals surface area contributed by atoms with Crippen LogP contribution in [0.25, 0.3) is 9.69 Å². The molecule has 0 bridgehead atoms. The van der Waals surface area contributed by atoms with Gasteiger partial charge in [-0.15, -0.1) is 0 Å². The molecule has 6 rings (SSSR count). The van der Waals surface area contributed by atoms with Gasteiger partial charge in [-0.25, -0.2) is 19.7 Å². The van der Waals surface area contributed by atoms with Crippen molar-refractivity contribution in [1.82, 2.24) is 20.2 Å². The Kier molecular flexibility index (Phi) is 13.3. The predicted octanol–water partition coefficient (Wildman–Crippen LogP) is 7.40. The minimum atomic E-state index is 0.611. The van der Waals surface area contributed by atoms with Crippen molar-refractivity contribution in [3.8, 4) is 0 Å². The number of fused-ring (bicyclic) bond motifs is 2. The number of aromatic nitrogens is 2. The lowest BCUT2D eigenvalue weighted by atomic mass is 9.95. The zero-order valence-electron chi connectivity index (χ0n) is 28.6. The van der Waals surface area contributed by atoms with Crippen LogP contribution >= 0.6 is 22.6 Å². The molecule has 8 nitrogen and oxygen atoms in total. The lowest BCUT2D eigenvalue weighted by molar-refractivity contribution is 0.294. The average molecular weight is 713 g/mol. The van der Waals surface area contributed by atoms with Gasteiger partial charge in [0.25, 0.3) is 0 Å². The fourth-order valence-corrected chi connectivity index (χ4v) is 7.31. The Balaban J connectivity index is 0.000000210. The van der Waals surface area contributed by atoms with E-state index in [1.165, 1.54) is 11.0 Å². The summed E-state index contributed by atoms with van der Waals surface area (Å²) in [6.07, 6.45) is 0. The van der Waals surface area contributed by atoms with E-state index in [1.807, 2.05) is 41.5 Å². The number of aryl methyl sites for hydroxylation is 4. The van der Waals surface area contributed by atoms with Crippen LogP contribution in [-0.2, 0) is 0 Å². The van der Waals surface area contributed by atoms with E-state index >= 15 is 0 Å². The van der Waals surface area contributed by atoms with E-state index in [0.29, 0.717) is 23.5 Å². The molecule has 0 amide bonds. The van der Waals surface area contributed by atoms with Gasteiger partial charge < -0.3 is 20.0 Å². The number of alkyl halides is 1. The van der Waals surface area contributed by atoms with Crippen LogP contribution in [0, 0.1) is 64.5 Å². The Morgan fingerprint density at radius 1 is 0.818 bits per heavy atom. The first-order valence-corrected chi connectivity index (χ1v) is 17.8. The molecule has 6 unspecified atom stereocenters. The summed E-state index contributed by atoms with van der Waals surface area (Å²) in [5, 5.41) is 3.55. The summed E-state index contributed by atoms with van der Waals surface area (Å²) in [5.41, 5.74) is 5.22. The number of likely N-dealkylation sites (tertiary alicyclic amines) is 1. The summed E-state index contributed by atoms with van der Waals surface area (Å²) in [6.45, 7) is 39.7. The second-order valence-electron chi connectivity index (χ2n) is 12.5. The van der Waals surface area contributed by atoms with Crippen molar-refractivity contribution >= 4 is 45.6 Å². The monoisotopic (exact) mass is 712 g/mol. The number of hydrogen-bond acceptors (Lipinski definition) is 6. The van der Waals surface area contributed by atoms with Gasteiger partial charge in [0.2, 0.25) is 11.4 Å². The first-order valence-electron chi connectivity index (χ1n) is 16.2. The van der Waals surface area contributed by atoms with E-state index in [9.17, 15) is 0 Å². The number of rotatable bonds is 2. The van der Waals surface area contributed by atoms with Crippen molar-refractivity contribution in [3.63, 3.8) is 0 Å². The summed E-state index contributed by atoms with van der Waals surface area (Å²) >= 11 is 2.29. The van der Waals surface area contributed by atoms with E-state index in [-0.39, 0.29) is 0 Å².